The van der Waals surface area contributed by atoms with Gasteiger partial charge in [-0.1, -0.05) is 30.3 Å². The van der Waals surface area contributed by atoms with Gasteiger partial charge in [-0.2, -0.15) is 0 Å². The van der Waals surface area contributed by atoms with E-state index in [1.807, 2.05) is 11.3 Å². The largest absolute Gasteiger partial charge is 0.370 e. The van der Waals surface area contributed by atoms with Gasteiger partial charge in [-0.25, -0.2) is 0 Å². The molecule has 4 heterocycles. The van der Waals surface area contributed by atoms with E-state index in [1.54, 1.807) is 0 Å². The molecule has 3 aliphatic rings. The van der Waals surface area contributed by atoms with Crippen LogP contribution in [0.4, 0.5) is 0 Å². The molecule has 1 spiro atoms. The monoisotopic (exact) mass is 396 g/mol. The molecule has 0 saturated carbocycles. The van der Waals surface area contributed by atoms with Gasteiger partial charge in [0.05, 0.1) is 12.2 Å². The van der Waals surface area contributed by atoms with Crippen LogP contribution in [0.15, 0.2) is 36.4 Å². The van der Waals surface area contributed by atoms with E-state index in [2.05, 4.69) is 46.6 Å². The first-order valence-corrected chi connectivity index (χ1v) is 11.4. The Morgan fingerprint density at radius 2 is 2.07 bits per heavy atom. The van der Waals surface area contributed by atoms with E-state index < -0.39 is 0 Å². The average molecular weight is 397 g/mol. The van der Waals surface area contributed by atoms with Crippen LogP contribution in [0.25, 0.3) is 10.4 Å². The van der Waals surface area contributed by atoms with Crippen LogP contribution in [0.2, 0.25) is 0 Å². The molecular weight excluding hydrogens is 368 g/mol. The third-order valence-electron chi connectivity index (χ3n) is 6.62. The summed E-state index contributed by atoms with van der Waals surface area (Å²) in [5.74, 6) is 0.848. The second-order valence-electron chi connectivity index (χ2n) is 8.35. The van der Waals surface area contributed by atoms with Crippen LogP contribution in [0.3, 0.4) is 0 Å². The number of nitrogens with one attached hydrogen (secondary N) is 1. The molecule has 2 saturated heterocycles. The van der Waals surface area contributed by atoms with Crippen LogP contribution < -0.4 is 5.32 Å². The Balaban J connectivity index is 1.31. The number of carbonyl (C=O) groups excluding carboxylic acids is 1. The first-order valence-electron chi connectivity index (χ1n) is 10.5. The molecule has 1 aromatic carbocycles. The number of nitrogens with zero attached hydrogens (tertiary/aromatic N) is 1. The lowest BCUT2D eigenvalue weighted by Crippen LogP contribution is -2.48. The van der Waals surface area contributed by atoms with Gasteiger partial charge < -0.3 is 15.0 Å². The number of amides is 1. The van der Waals surface area contributed by atoms with Crippen molar-refractivity contribution in [1.82, 2.24) is 10.2 Å². The molecule has 0 radical (unpaired) electrons. The van der Waals surface area contributed by atoms with E-state index >= 15 is 0 Å². The number of benzene rings is 1. The highest BCUT2D eigenvalue weighted by Gasteiger charge is 2.43. The van der Waals surface area contributed by atoms with Crippen molar-refractivity contribution in [3.63, 3.8) is 0 Å². The topological polar surface area (TPSA) is 41.6 Å². The molecule has 1 amide bonds. The van der Waals surface area contributed by atoms with Gasteiger partial charge in [0.15, 0.2) is 0 Å². The number of carbonyl (C=O) groups is 1. The summed E-state index contributed by atoms with van der Waals surface area (Å²) in [6.45, 7) is 4.47. The van der Waals surface area contributed by atoms with Crippen molar-refractivity contribution in [2.24, 2.45) is 5.92 Å². The molecule has 1 unspecified atom stereocenters. The second-order valence-corrected chi connectivity index (χ2v) is 9.49. The Bertz CT molecular complexity index is 834. The number of thiophene rings is 1. The minimum absolute atomic E-state index is 0.192. The van der Waals surface area contributed by atoms with Gasteiger partial charge >= 0.3 is 0 Å². The summed E-state index contributed by atoms with van der Waals surface area (Å²) in [5, 5.41) is 3.36. The molecule has 28 heavy (non-hydrogen) atoms. The summed E-state index contributed by atoms with van der Waals surface area (Å²) in [7, 11) is 0. The fourth-order valence-corrected chi connectivity index (χ4v) is 6.19. The molecular formula is C23H28N2O2S. The maximum Gasteiger partial charge on any atom is 0.222 e. The van der Waals surface area contributed by atoms with E-state index in [9.17, 15) is 4.79 Å². The van der Waals surface area contributed by atoms with Gasteiger partial charge in [-0.3, -0.25) is 4.79 Å². The van der Waals surface area contributed by atoms with Crippen molar-refractivity contribution in [1.29, 1.82) is 0 Å². The van der Waals surface area contributed by atoms with Crippen molar-refractivity contribution in [3.05, 3.63) is 46.8 Å². The van der Waals surface area contributed by atoms with Crippen LogP contribution >= 0.6 is 11.3 Å². The number of likely N-dealkylation sites (tertiary alicyclic amines) is 1. The maximum absolute atomic E-state index is 12.7. The van der Waals surface area contributed by atoms with Gasteiger partial charge in [0.1, 0.15) is 0 Å². The van der Waals surface area contributed by atoms with E-state index in [4.69, 9.17) is 4.74 Å². The van der Waals surface area contributed by atoms with Crippen molar-refractivity contribution < 1.29 is 9.53 Å². The molecule has 1 aromatic heterocycles. The SMILES string of the molecule is O=C(CC1CCNC1)N1CCC2(CC1)OCCc1sc(-c3ccccc3)cc12. The van der Waals surface area contributed by atoms with E-state index in [1.165, 1.54) is 20.9 Å². The first kappa shape index (κ1) is 18.3. The quantitative estimate of drug-likeness (QED) is 0.858. The summed E-state index contributed by atoms with van der Waals surface area (Å²) in [6, 6.07) is 13.0. The lowest BCUT2D eigenvalue weighted by atomic mass is 9.82. The second kappa shape index (κ2) is 7.62. The standard InChI is InChI=1S/C23H28N2O2S/c26-22(14-17-6-10-24-16-17)25-11-8-23(9-12-25)19-15-21(18-4-2-1-3-5-18)28-20(19)7-13-27-23/h1-5,15,17,24H,6-14,16H2. The highest BCUT2D eigenvalue weighted by atomic mass is 32.1. The summed E-state index contributed by atoms with van der Waals surface area (Å²) >= 11 is 1.92. The Morgan fingerprint density at radius 3 is 2.82 bits per heavy atom. The highest BCUT2D eigenvalue weighted by molar-refractivity contribution is 7.15. The van der Waals surface area contributed by atoms with Gasteiger partial charge in [0.25, 0.3) is 0 Å². The minimum Gasteiger partial charge on any atom is -0.370 e. The third kappa shape index (κ3) is 3.40. The van der Waals surface area contributed by atoms with Crippen molar-refractivity contribution in [2.45, 2.75) is 37.7 Å². The number of fused-ring (bicyclic) bond motifs is 2. The number of rotatable bonds is 3. The molecule has 2 aromatic rings. The molecule has 1 atom stereocenters. The minimum atomic E-state index is -0.192. The van der Waals surface area contributed by atoms with Crippen LogP contribution in [0, 0.1) is 5.92 Å². The van der Waals surface area contributed by atoms with Crippen molar-refractivity contribution >= 4 is 17.2 Å². The Hall–Kier alpha value is -1.69. The number of hydrogen-bond donors (Lipinski definition) is 1. The zero-order valence-electron chi connectivity index (χ0n) is 16.3. The van der Waals surface area contributed by atoms with Gasteiger partial charge in [-0.15, -0.1) is 11.3 Å². The predicted octanol–water partition coefficient (Wildman–Crippen LogP) is 3.81. The molecule has 5 rings (SSSR count). The van der Waals surface area contributed by atoms with E-state index in [0.717, 1.165) is 58.5 Å². The lowest BCUT2D eigenvalue weighted by Gasteiger charge is -2.44. The third-order valence-corrected chi connectivity index (χ3v) is 7.86. The maximum atomic E-state index is 12.7. The van der Waals surface area contributed by atoms with Gasteiger partial charge in [0.2, 0.25) is 5.91 Å². The molecule has 2 fully saturated rings. The molecule has 148 valence electrons. The zero-order valence-corrected chi connectivity index (χ0v) is 17.1. The van der Waals surface area contributed by atoms with Crippen LogP contribution in [0.5, 0.6) is 0 Å². The zero-order chi connectivity index (χ0) is 19.0. The number of hydrogen-bond acceptors (Lipinski definition) is 4. The molecule has 0 aliphatic carbocycles. The average Bonchev–Trinajstić information content (AvgIpc) is 3.40. The Morgan fingerprint density at radius 1 is 1.25 bits per heavy atom. The molecule has 3 aliphatic heterocycles. The number of ether oxygens (including phenoxy) is 1. The van der Waals surface area contributed by atoms with E-state index in [0.29, 0.717) is 18.2 Å². The number of piperidine rings is 1. The van der Waals surface area contributed by atoms with Crippen LogP contribution in [0.1, 0.15) is 36.1 Å². The van der Waals surface area contributed by atoms with Crippen molar-refractivity contribution in [2.75, 3.05) is 32.8 Å². The Kier molecular flexibility index (Phi) is 4.99. The fourth-order valence-electron chi connectivity index (χ4n) is 4.96. The van der Waals surface area contributed by atoms with Crippen LogP contribution in [-0.2, 0) is 21.6 Å². The summed E-state index contributed by atoms with van der Waals surface area (Å²) in [5.41, 5.74) is 2.48. The van der Waals surface area contributed by atoms with Crippen LogP contribution in [-0.4, -0.2) is 43.6 Å². The summed E-state index contributed by atoms with van der Waals surface area (Å²) < 4.78 is 6.40. The van der Waals surface area contributed by atoms with Crippen molar-refractivity contribution in [3.8, 4) is 10.4 Å². The smallest absolute Gasteiger partial charge is 0.222 e. The lowest BCUT2D eigenvalue weighted by molar-refractivity contribution is -0.141. The normalized spacial score (nSPS) is 23.7. The summed E-state index contributed by atoms with van der Waals surface area (Å²) in [4.78, 5) is 17.6. The summed E-state index contributed by atoms with van der Waals surface area (Å²) in [6.07, 6.45) is 4.67. The Labute approximate surface area is 170 Å². The fraction of sp³-hybridized carbons (Fsp3) is 0.522. The first-order chi connectivity index (χ1) is 13.7. The predicted molar refractivity (Wildman–Crippen MR) is 112 cm³/mol. The molecule has 0 bridgehead atoms. The molecule has 1 N–H and O–H groups in total. The van der Waals surface area contributed by atoms with E-state index in [-0.39, 0.29) is 5.60 Å². The highest BCUT2D eigenvalue weighted by Crippen LogP contribution is 2.46. The molecule has 4 nitrogen and oxygen atoms in total. The molecule has 5 heteroatoms. The van der Waals surface area contributed by atoms with Gasteiger partial charge in [-0.05, 0) is 55.5 Å². The van der Waals surface area contributed by atoms with Gasteiger partial charge in [0, 0.05) is 35.7 Å².